The molecule has 1 saturated heterocycles. The maximum Gasteiger partial charge on any atom is 0.150 e. The molecule has 4 nitrogen and oxygen atoms in total. The van der Waals surface area contributed by atoms with E-state index in [1.165, 1.54) is 0 Å². The lowest BCUT2D eigenvalue weighted by Gasteiger charge is -2.23. The Hall–Kier alpha value is -0.130. The average molecular weight is 249 g/mol. The highest BCUT2D eigenvalue weighted by atomic mass is 32.2. The van der Waals surface area contributed by atoms with Crippen molar-refractivity contribution in [3.63, 3.8) is 0 Å². The van der Waals surface area contributed by atoms with E-state index in [1.807, 2.05) is 6.92 Å². The molecule has 1 fully saturated rings. The molecule has 96 valence electrons. The van der Waals surface area contributed by atoms with Crippen LogP contribution in [0.4, 0.5) is 0 Å². The summed E-state index contributed by atoms with van der Waals surface area (Å²) < 4.78 is 28.3. The number of rotatable bonds is 7. The van der Waals surface area contributed by atoms with Crippen LogP contribution in [0.1, 0.15) is 26.7 Å². The summed E-state index contributed by atoms with van der Waals surface area (Å²) in [5.74, 6) is 0.887. The highest BCUT2D eigenvalue weighted by Gasteiger charge is 2.33. The quantitative estimate of drug-likeness (QED) is 0.726. The van der Waals surface area contributed by atoms with E-state index in [1.54, 1.807) is 0 Å². The number of sulfone groups is 1. The topological polar surface area (TPSA) is 55.4 Å². The van der Waals surface area contributed by atoms with Crippen molar-refractivity contribution in [3.05, 3.63) is 0 Å². The molecule has 5 heteroatoms. The van der Waals surface area contributed by atoms with Crippen LogP contribution in [0.2, 0.25) is 0 Å². The summed E-state index contributed by atoms with van der Waals surface area (Å²) in [7, 11) is -2.79. The van der Waals surface area contributed by atoms with Crippen molar-refractivity contribution in [1.29, 1.82) is 0 Å². The maximum absolute atomic E-state index is 11.4. The zero-order valence-electron chi connectivity index (χ0n) is 10.2. The van der Waals surface area contributed by atoms with Crippen LogP contribution in [0.3, 0.4) is 0 Å². The lowest BCUT2D eigenvalue weighted by atomic mass is 10.00. The molecule has 2 unspecified atom stereocenters. The molecule has 1 aliphatic heterocycles. The maximum atomic E-state index is 11.4. The van der Waals surface area contributed by atoms with Crippen LogP contribution in [0.15, 0.2) is 0 Å². The Morgan fingerprint density at radius 2 is 2.19 bits per heavy atom. The first kappa shape index (κ1) is 13.9. The van der Waals surface area contributed by atoms with Crippen LogP contribution >= 0.6 is 0 Å². The fraction of sp³-hybridized carbons (Fsp3) is 1.00. The van der Waals surface area contributed by atoms with Crippen molar-refractivity contribution in [2.75, 3.05) is 31.3 Å². The Labute approximate surface area is 98.7 Å². The van der Waals surface area contributed by atoms with Crippen LogP contribution in [-0.2, 0) is 14.6 Å². The third-order valence-electron chi connectivity index (χ3n) is 2.99. The number of nitrogens with one attached hydrogen (secondary N) is 1. The summed E-state index contributed by atoms with van der Waals surface area (Å²) in [6.45, 7) is 6.30. The Morgan fingerprint density at radius 1 is 1.44 bits per heavy atom. The molecule has 0 aliphatic carbocycles. The monoisotopic (exact) mass is 249 g/mol. The Morgan fingerprint density at radius 3 is 2.69 bits per heavy atom. The van der Waals surface area contributed by atoms with Gasteiger partial charge in [0.2, 0.25) is 0 Å². The molecule has 16 heavy (non-hydrogen) atoms. The Balaban J connectivity index is 2.48. The second kappa shape index (κ2) is 6.57. The predicted octanol–water partition coefficient (Wildman–Crippen LogP) is 0.826. The van der Waals surface area contributed by atoms with Crippen molar-refractivity contribution in [1.82, 2.24) is 5.32 Å². The minimum atomic E-state index is -2.79. The van der Waals surface area contributed by atoms with Gasteiger partial charge in [-0.2, -0.15) is 0 Å². The molecule has 1 heterocycles. The lowest BCUT2D eigenvalue weighted by molar-refractivity contribution is 0.106. The second-order valence-electron chi connectivity index (χ2n) is 4.38. The molecular formula is C11H23NO3S. The second-order valence-corrected chi connectivity index (χ2v) is 6.61. The normalized spacial score (nSPS) is 25.8. The van der Waals surface area contributed by atoms with Gasteiger partial charge in [0, 0.05) is 12.6 Å². The van der Waals surface area contributed by atoms with Crippen LogP contribution in [0.25, 0.3) is 0 Å². The smallest absolute Gasteiger partial charge is 0.150 e. The zero-order valence-corrected chi connectivity index (χ0v) is 11.1. The molecule has 0 radical (unpaired) electrons. The molecule has 1 rings (SSSR count). The van der Waals surface area contributed by atoms with Gasteiger partial charge in [-0.1, -0.05) is 6.92 Å². The number of hydrogen-bond acceptors (Lipinski definition) is 4. The summed E-state index contributed by atoms with van der Waals surface area (Å²) in [5, 5.41) is 3.39. The van der Waals surface area contributed by atoms with Gasteiger partial charge in [0.15, 0.2) is 9.84 Å². The van der Waals surface area contributed by atoms with Crippen LogP contribution in [0, 0.1) is 5.92 Å². The molecule has 0 aromatic carbocycles. The lowest BCUT2D eigenvalue weighted by Crippen LogP contribution is -2.41. The first-order chi connectivity index (χ1) is 7.59. The third-order valence-corrected chi connectivity index (χ3v) is 4.79. The Bertz CT molecular complexity index is 282. The predicted molar refractivity (Wildman–Crippen MR) is 65.3 cm³/mol. The minimum Gasteiger partial charge on any atom is -0.380 e. The van der Waals surface area contributed by atoms with Crippen molar-refractivity contribution < 1.29 is 13.2 Å². The first-order valence-corrected chi connectivity index (χ1v) is 7.92. The fourth-order valence-corrected chi connectivity index (χ4v) is 3.96. The largest absolute Gasteiger partial charge is 0.380 e. The van der Waals surface area contributed by atoms with Crippen molar-refractivity contribution >= 4 is 9.84 Å². The zero-order chi connectivity index (χ0) is 12.0. The van der Waals surface area contributed by atoms with E-state index >= 15 is 0 Å². The van der Waals surface area contributed by atoms with E-state index in [4.69, 9.17) is 4.74 Å². The first-order valence-electron chi connectivity index (χ1n) is 6.10. The van der Waals surface area contributed by atoms with Crippen LogP contribution in [-0.4, -0.2) is 45.7 Å². The van der Waals surface area contributed by atoms with Crippen LogP contribution in [0.5, 0.6) is 0 Å². The summed E-state index contributed by atoms with van der Waals surface area (Å²) in [4.78, 5) is 0. The van der Waals surface area contributed by atoms with Gasteiger partial charge in [-0.05, 0) is 32.2 Å². The molecular weight excluding hydrogens is 226 g/mol. The average Bonchev–Trinajstić information content (AvgIpc) is 2.59. The van der Waals surface area contributed by atoms with Gasteiger partial charge in [0.1, 0.15) is 0 Å². The molecule has 0 spiro atoms. The van der Waals surface area contributed by atoms with Gasteiger partial charge in [-0.3, -0.25) is 0 Å². The van der Waals surface area contributed by atoms with Crippen molar-refractivity contribution in [3.8, 4) is 0 Å². The van der Waals surface area contributed by atoms with E-state index in [9.17, 15) is 8.42 Å². The van der Waals surface area contributed by atoms with Gasteiger partial charge < -0.3 is 10.1 Å². The molecule has 2 atom stereocenters. The van der Waals surface area contributed by atoms with Crippen molar-refractivity contribution in [2.24, 2.45) is 5.92 Å². The van der Waals surface area contributed by atoms with Gasteiger partial charge in [-0.15, -0.1) is 0 Å². The van der Waals surface area contributed by atoms with Gasteiger partial charge >= 0.3 is 0 Å². The number of ether oxygens (including phenoxy) is 1. The molecule has 0 amide bonds. The van der Waals surface area contributed by atoms with Gasteiger partial charge in [0.05, 0.1) is 18.1 Å². The molecule has 1 aliphatic rings. The van der Waals surface area contributed by atoms with E-state index in [0.717, 1.165) is 19.4 Å². The van der Waals surface area contributed by atoms with E-state index in [-0.39, 0.29) is 12.0 Å². The highest BCUT2D eigenvalue weighted by molar-refractivity contribution is 7.91. The summed E-state index contributed by atoms with van der Waals surface area (Å²) in [6.07, 6.45) is 1.83. The van der Waals surface area contributed by atoms with Crippen molar-refractivity contribution in [2.45, 2.75) is 32.7 Å². The SMILES string of the molecule is CCCNC(COCC)C1CCS(=O)(=O)C1. The summed E-state index contributed by atoms with van der Waals surface area (Å²) >= 11 is 0. The van der Waals surface area contributed by atoms with Gasteiger partial charge in [-0.25, -0.2) is 8.42 Å². The number of hydrogen-bond donors (Lipinski definition) is 1. The molecule has 0 aromatic heterocycles. The van der Waals surface area contributed by atoms with E-state index in [0.29, 0.717) is 24.7 Å². The molecule has 0 bridgehead atoms. The van der Waals surface area contributed by atoms with Gasteiger partial charge in [0.25, 0.3) is 0 Å². The molecule has 1 N–H and O–H groups in total. The van der Waals surface area contributed by atoms with E-state index < -0.39 is 9.84 Å². The fourth-order valence-electron chi connectivity index (χ4n) is 2.08. The van der Waals surface area contributed by atoms with E-state index in [2.05, 4.69) is 12.2 Å². The minimum absolute atomic E-state index is 0.192. The van der Waals surface area contributed by atoms with Crippen LogP contribution < -0.4 is 5.32 Å². The summed E-state index contributed by atoms with van der Waals surface area (Å²) in [5.41, 5.74) is 0. The molecule has 0 saturated carbocycles. The Kier molecular flexibility index (Phi) is 5.72. The highest BCUT2D eigenvalue weighted by Crippen LogP contribution is 2.22. The third kappa shape index (κ3) is 4.39. The standard InChI is InChI=1S/C11H23NO3S/c1-3-6-12-11(8-15-4-2)10-5-7-16(13,14)9-10/h10-12H,3-9H2,1-2H3. The summed E-state index contributed by atoms with van der Waals surface area (Å²) in [6, 6.07) is 0.192. The molecule has 0 aromatic rings.